The van der Waals surface area contributed by atoms with E-state index in [2.05, 4.69) is 33.6 Å². The quantitative estimate of drug-likeness (QED) is 0.835. The molecule has 120 valence electrons. The van der Waals surface area contributed by atoms with E-state index >= 15 is 0 Å². The van der Waals surface area contributed by atoms with Crippen LogP contribution in [0.1, 0.15) is 26.7 Å². The lowest BCUT2D eigenvalue weighted by molar-refractivity contribution is -0.138. The van der Waals surface area contributed by atoms with Crippen LogP contribution in [0.25, 0.3) is 0 Å². The van der Waals surface area contributed by atoms with Crippen molar-refractivity contribution < 1.29 is 4.79 Å². The van der Waals surface area contributed by atoms with Crippen LogP contribution in [-0.2, 0) is 4.79 Å². The number of piperidine rings is 1. The maximum Gasteiger partial charge on any atom is 0.226 e. The second kappa shape index (κ2) is 6.86. The molecule has 0 N–H and O–H groups in total. The number of hydrogen-bond donors (Lipinski definition) is 0. The van der Waals surface area contributed by atoms with Crippen molar-refractivity contribution in [2.24, 2.45) is 5.92 Å². The summed E-state index contributed by atoms with van der Waals surface area (Å²) in [6.07, 6.45) is 7.05. The van der Waals surface area contributed by atoms with Crippen LogP contribution in [0.4, 0.5) is 5.82 Å². The SMILES string of the molecule is C[C@H]1SCCN(C(=O)C2CCN(c3cnccn3)CC2)[C@H]1C. The summed E-state index contributed by atoms with van der Waals surface area (Å²) in [5.41, 5.74) is 0. The van der Waals surface area contributed by atoms with Crippen molar-refractivity contribution in [1.82, 2.24) is 14.9 Å². The molecule has 2 fully saturated rings. The molecule has 3 rings (SSSR count). The highest BCUT2D eigenvalue weighted by Crippen LogP contribution is 2.28. The van der Waals surface area contributed by atoms with Crippen LogP contribution in [0.15, 0.2) is 18.6 Å². The number of carbonyl (C=O) groups excluding carboxylic acids is 1. The zero-order chi connectivity index (χ0) is 15.5. The van der Waals surface area contributed by atoms with E-state index in [-0.39, 0.29) is 5.92 Å². The van der Waals surface area contributed by atoms with Crippen LogP contribution in [-0.4, -0.2) is 57.5 Å². The van der Waals surface area contributed by atoms with Crippen LogP contribution in [0.2, 0.25) is 0 Å². The zero-order valence-electron chi connectivity index (χ0n) is 13.3. The van der Waals surface area contributed by atoms with Crippen molar-refractivity contribution in [3.63, 3.8) is 0 Å². The van der Waals surface area contributed by atoms with Gasteiger partial charge in [-0.05, 0) is 19.8 Å². The molecule has 6 heteroatoms. The first-order valence-electron chi connectivity index (χ1n) is 8.10. The van der Waals surface area contributed by atoms with Crippen LogP contribution < -0.4 is 4.90 Å². The van der Waals surface area contributed by atoms with E-state index in [1.165, 1.54) is 0 Å². The first kappa shape index (κ1) is 15.6. The molecule has 2 saturated heterocycles. The summed E-state index contributed by atoms with van der Waals surface area (Å²) in [4.78, 5) is 25.6. The molecule has 1 amide bonds. The second-order valence-electron chi connectivity index (χ2n) is 6.17. The van der Waals surface area contributed by atoms with E-state index in [4.69, 9.17) is 0 Å². The largest absolute Gasteiger partial charge is 0.355 e. The molecule has 0 spiro atoms. The summed E-state index contributed by atoms with van der Waals surface area (Å²) in [5, 5.41) is 0.539. The lowest BCUT2D eigenvalue weighted by Gasteiger charge is -2.41. The minimum atomic E-state index is 0.172. The molecule has 3 heterocycles. The molecular formula is C16H24N4OS. The van der Waals surface area contributed by atoms with Gasteiger partial charge in [-0.3, -0.25) is 9.78 Å². The fraction of sp³-hybridized carbons (Fsp3) is 0.688. The maximum atomic E-state index is 12.8. The summed E-state index contributed by atoms with van der Waals surface area (Å²) in [6, 6.07) is 0.351. The van der Waals surface area contributed by atoms with E-state index < -0.39 is 0 Å². The van der Waals surface area contributed by atoms with Gasteiger partial charge in [-0.15, -0.1) is 0 Å². The topological polar surface area (TPSA) is 49.3 Å². The summed E-state index contributed by atoms with van der Waals surface area (Å²) >= 11 is 1.97. The molecule has 2 atom stereocenters. The van der Waals surface area contributed by atoms with Gasteiger partial charge in [0.05, 0.1) is 6.20 Å². The van der Waals surface area contributed by atoms with Crippen LogP contribution >= 0.6 is 11.8 Å². The number of aromatic nitrogens is 2. The molecular weight excluding hydrogens is 296 g/mol. The molecule has 0 saturated carbocycles. The number of amides is 1. The Balaban J connectivity index is 1.58. The molecule has 0 radical (unpaired) electrons. The summed E-state index contributed by atoms with van der Waals surface area (Å²) in [7, 11) is 0. The Bertz CT molecular complexity index is 504. The minimum Gasteiger partial charge on any atom is -0.355 e. The van der Waals surface area contributed by atoms with Crippen LogP contribution in [0, 0.1) is 5.92 Å². The molecule has 22 heavy (non-hydrogen) atoms. The summed E-state index contributed by atoms with van der Waals surface area (Å²) < 4.78 is 0. The van der Waals surface area contributed by atoms with Gasteiger partial charge >= 0.3 is 0 Å². The Morgan fingerprint density at radius 2 is 2.00 bits per heavy atom. The number of thioether (sulfide) groups is 1. The van der Waals surface area contributed by atoms with Crippen molar-refractivity contribution in [3.05, 3.63) is 18.6 Å². The fourth-order valence-electron chi connectivity index (χ4n) is 3.29. The monoisotopic (exact) mass is 320 g/mol. The average molecular weight is 320 g/mol. The lowest BCUT2D eigenvalue weighted by Crippen LogP contribution is -2.51. The van der Waals surface area contributed by atoms with Gasteiger partial charge in [-0.25, -0.2) is 4.98 Å². The lowest BCUT2D eigenvalue weighted by atomic mass is 9.94. The highest BCUT2D eigenvalue weighted by molar-refractivity contribution is 8.00. The summed E-state index contributed by atoms with van der Waals surface area (Å²) in [5.74, 6) is 2.52. The first-order chi connectivity index (χ1) is 10.7. The average Bonchev–Trinajstić information content (AvgIpc) is 2.58. The summed E-state index contributed by atoms with van der Waals surface area (Å²) in [6.45, 7) is 7.09. The molecule has 0 unspecified atom stereocenters. The van der Waals surface area contributed by atoms with Gasteiger partial charge in [0, 0.05) is 55.0 Å². The van der Waals surface area contributed by atoms with Gasteiger partial charge in [0.25, 0.3) is 0 Å². The van der Waals surface area contributed by atoms with Crippen molar-refractivity contribution in [1.29, 1.82) is 0 Å². The fourth-order valence-corrected chi connectivity index (χ4v) is 4.39. The van der Waals surface area contributed by atoms with E-state index in [1.807, 2.05) is 11.8 Å². The highest BCUT2D eigenvalue weighted by Gasteiger charge is 2.34. The Hall–Kier alpha value is -1.30. The highest BCUT2D eigenvalue weighted by atomic mass is 32.2. The Morgan fingerprint density at radius 1 is 1.23 bits per heavy atom. The smallest absolute Gasteiger partial charge is 0.226 e. The van der Waals surface area contributed by atoms with E-state index in [1.54, 1.807) is 18.6 Å². The van der Waals surface area contributed by atoms with Crippen molar-refractivity contribution in [3.8, 4) is 0 Å². The molecule has 2 aliphatic rings. The van der Waals surface area contributed by atoms with Gasteiger partial charge in [0.2, 0.25) is 5.91 Å². The van der Waals surface area contributed by atoms with Gasteiger partial charge < -0.3 is 9.80 Å². The molecule has 0 aliphatic carbocycles. The maximum absolute atomic E-state index is 12.8. The molecule has 1 aromatic rings. The Kier molecular flexibility index (Phi) is 4.86. The van der Waals surface area contributed by atoms with E-state index in [0.717, 1.165) is 44.0 Å². The van der Waals surface area contributed by atoms with Gasteiger partial charge in [0.1, 0.15) is 5.82 Å². The molecule has 2 aliphatic heterocycles. The normalized spacial score (nSPS) is 27.0. The van der Waals surface area contributed by atoms with Crippen molar-refractivity contribution in [2.75, 3.05) is 30.3 Å². The number of hydrogen-bond acceptors (Lipinski definition) is 5. The van der Waals surface area contributed by atoms with Gasteiger partial charge in [0.15, 0.2) is 0 Å². The van der Waals surface area contributed by atoms with E-state index in [0.29, 0.717) is 17.2 Å². The first-order valence-corrected chi connectivity index (χ1v) is 9.14. The second-order valence-corrected chi connectivity index (χ2v) is 7.66. The number of anilines is 1. The number of nitrogens with zero attached hydrogens (tertiary/aromatic N) is 4. The molecule has 0 aromatic carbocycles. The van der Waals surface area contributed by atoms with Gasteiger partial charge in [-0.2, -0.15) is 11.8 Å². The van der Waals surface area contributed by atoms with Crippen LogP contribution in [0.5, 0.6) is 0 Å². The zero-order valence-corrected chi connectivity index (χ0v) is 14.1. The van der Waals surface area contributed by atoms with Crippen molar-refractivity contribution >= 4 is 23.5 Å². The predicted octanol–water partition coefficient (Wildman–Crippen LogP) is 2.05. The molecule has 5 nitrogen and oxygen atoms in total. The minimum absolute atomic E-state index is 0.172. The number of rotatable bonds is 2. The standard InChI is InChI=1S/C16H24N4OS/c1-12-13(2)22-10-9-20(12)16(21)14-3-7-19(8-4-14)15-11-17-5-6-18-15/h5-6,11-14H,3-4,7-10H2,1-2H3/t12-,13+/m0/s1. The molecule has 1 aromatic heterocycles. The Morgan fingerprint density at radius 3 is 2.68 bits per heavy atom. The third-order valence-electron chi connectivity index (χ3n) is 4.88. The Labute approximate surface area is 136 Å². The third kappa shape index (κ3) is 3.21. The predicted molar refractivity (Wildman–Crippen MR) is 90.1 cm³/mol. The van der Waals surface area contributed by atoms with Crippen molar-refractivity contribution in [2.45, 2.75) is 38.0 Å². The van der Waals surface area contributed by atoms with E-state index in [9.17, 15) is 4.79 Å². The van der Waals surface area contributed by atoms with Crippen LogP contribution in [0.3, 0.4) is 0 Å². The molecule has 0 bridgehead atoms. The number of carbonyl (C=O) groups is 1. The van der Waals surface area contributed by atoms with Gasteiger partial charge in [-0.1, -0.05) is 6.92 Å². The third-order valence-corrected chi connectivity index (χ3v) is 6.22.